The van der Waals surface area contributed by atoms with E-state index in [0.717, 1.165) is 6.42 Å². The van der Waals surface area contributed by atoms with E-state index in [2.05, 4.69) is 10.1 Å². The molecule has 0 saturated carbocycles. The van der Waals surface area contributed by atoms with E-state index in [1.807, 2.05) is 20.8 Å². The van der Waals surface area contributed by atoms with Crippen molar-refractivity contribution in [2.24, 2.45) is 0 Å². The summed E-state index contributed by atoms with van der Waals surface area (Å²) in [5.74, 6) is 0.883. The molecule has 2 rings (SSSR count). The fraction of sp³-hybridized carbons (Fsp3) is 0.429. The van der Waals surface area contributed by atoms with Crippen LogP contribution in [0.3, 0.4) is 0 Å². The number of nitrogens with two attached hydrogens (primary N) is 1. The van der Waals surface area contributed by atoms with Gasteiger partial charge in [0, 0.05) is 12.3 Å². The van der Waals surface area contributed by atoms with Crippen LogP contribution in [0.25, 0.3) is 11.5 Å². The number of aromatic nitrogens is 2. The lowest BCUT2D eigenvalue weighted by molar-refractivity contribution is -0.0403. The molecule has 2 N–H and O–H groups in total. The summed E-state index contributed by atoms with van der Waals surface area (Å²) in [7, 11) is 0. The lowest BCUT2D eigenvalue weighted by atomic mass is 10.0. The summed E-state index contributed by atoms with van der Waals surface area (Å²) in [6, 6.07) is 5.16. The number of anilines is 1. The molecule has 0 bridgehead atoms. The van der Waals surface area contributed by atoms with E-state index < -0.39 is 5.60 Å². The summed E-state index contributed by atoms with van der Waals surface area (Å²) in [4.78, 5) is 4.40. The molecule has 5 nitrogen and oxygen atoms in total. The van der Waals surface area contributed by atoms with Crippen LogP contribution in [0.4, 0.5) is 5.69 Å². The van der Waals surface area contributed by atoms with Crippen molar-refractivity contribution in [1.29, 1.82) is 0 Å². The van der Waals surface area contributed by atoms with Crippen molar-refractivity contribution >= 4 is 17.3 Å². The zero-order valence-electron chi connectivity index (χ0n) is 11.8. The highest BCUT2D eigenvalue weighted by Gasteiger charge is 2.31. The lowest BCUT2D eigenvalue weighted by Crippen LogP contribution is -2.26. The maximum atomic E-state index is 6.14. The summed E-state index contributed by atoms with van der Waals surface area (Å²) >= 11 is 6.14. The van der Waals surface area contributed by atoms with Crippen molar-refractivity contribution in [1.82, 2.24) is 10.1 Å². The van der Waals surface area contributed by atoms with Gasteiger partial charge >= 0.3 is 0 Å². The van der Waals surface area contributed by atoms with E-state index in [0.29, 0.717) is 34.6 Å². The van der Waals surface area contributed by atoms with Gasteiger partial charge in [0.2, 0.25) is 5.82 Å². The topological polar surface area (TPSA) is 74.2 Å². The van der Waals surface area contributed by atoms with Crippen molar-refractivity contribution in [3.8, 4) is 11.5 Å². The van der Waals surface area contributed by atoms with Crippen LogP contribution in [0.5, 0.6) is 0 Å². The molecule has 2 aromatic rings. The smallest absolute Gasteiger partial charge is 0.259 e. The van der Waals surface area contributed by atoms with E-state index in [4.69, 9.17) is 26.6 Å². The Hall–Kier alpha value is -1.59. The Morgan fingerprint density at radius 3 is 2.75 bits per heavy atom. The average Bonchev–Trinajstić information content (AvgIpc) is 2.89. The van der Waals surface area contributed by atoms with Crippen LogP contribution in [0.1, 0.15) is 33.0 Å². The molecule has 0 amide bonds. The van der Waals surface area contributed by atoms with Gasteiger partial charge in [-0.05, 0) is 38.5 Å². The number of hydrogen-bond donors (Lipinski definition) is 1. The van der Waals surface area contributed by atoms with E-state index in [9.17, 15) is 0 Å². The van der Waals surface area contributed by atoms with Gasteiger partial charge in [0.15, 0.2) is 0 Å². The van der Waals surface area contributed by atoms with Crippen molar-refractivity contribution in [3.05, 3.63) is 29.0 Å². The number of hydrogen-bond acceptors (Lipinski definition) is 5. The van der Waals surface area contributed by atoms with E-state index >= 15 is 0 Å². The van der Waals surface area contributed by atoms with Gasteiger partial charge in [0.1, 0.15) is 5.60 Å². The predicted molar refractivity (Wildman–Crippen MR) is 78.4 cm³/mol. The molecule has 1 heterocycles. The summed E-state index contributed by atoms with van der Waals surface area (Å²) in [5, 5.41) is 4.50. The summed E-state index contributed by atoms with van der Waals surface area (Å²) < 4.78 is 11.0. The number of benzene rings is 1. The van der Waals surface area contributed by atoms with Gasteiger partial charge in [0.05, 0.1) is 10.6 Å². The molecule has 1 aromatic heterocycles. The largest absolute Gasteiger partial charge is 0.399 e. The van der Waals surface area contributed by atoms with Crippen LogP contribution in [-0.2, 0) is 10.3 Å². The second-order valence-corrected chi connectivity index (χ2v) is 5.09. The second kappa shape index (κ2) is 5.81. The second-order valence-electron chi connectivity index (χ2n) is 4.68. The Morgan fingerprint density at radius 1 is 1.40 bits per heavy atom. The van der Waals surface area contributed by atoms with E-state index in [1.54, 1.807) is 18.2 Å². The van der Waals surface area contributed by atoms with Crippen LogP contribution < -0.4 is 5.73 Å². The highest BCUT2D eigenvalue weighted by molar-refractivity contribution is 6.33. The van der Waals surface area contributed by atoms with Gasteiger partial charge in [0.25, 0.3) is 5.89 Å². The fourth-order valence-electron chi connectivity index (χ4n) is 1.90. The zero-order chi connectivity index (χ0) is 14.8. The Balaban J connectivity index is 2.37. The minimum absolute atomic E-state index is 0.365. The lowest BCUT2D eigenvalue weighted by Gasteiger charge is -2.23. The van der Waals surface area contributed by atoms with Crippen LogP contribution in [0.15, 0.2) is 22.7 Å². The number of nitrogen functional groups attached to an aromatic ring is 1. The SMILES string of the molecule is CCOC(C)(CC)c1noc(-c2ccc(N)cc2Cl)n1. The first-order valence-electron chi connectivity index (χ1n) is 6.53. The van der Waals surface area contributed by atoms with Crippen molar-refractivity contribution in [3.63, 3.8) is 0 Å². The molecule has 20 heavy (non-hydrogen) atoms. The third-order valence-electron chi connectivity index (χ3n) is 3.26. The molecule has 108 valence electrons. The van der Waals surface area contributed by atoms with Crippen LogP contribution in [0.2, 0.25) is 5.02 Å². The molecule has 0 spiro atoms. The number of rotatable bonds is 5. The van der Waals surface area contributed by atoms with Crippen LogP contribution in [0, 0.1) is 0 Å². The molecular weight excluding hydrogens is 278 g/mol. The van der Waals surface area contributed by atoms with E-state index in [-0.39, 0.29) is 0 Å². The Bertz CT molecular complexity index is 600. The number of halogens is 1. The van der Waals surface area contributed by atoms with Gasteiger partial charge in [-0.1, -0.05) is 23.7 Å². The average molecular weight is 296 g/mol. The number of ether oxygens (including phenoxy) is 1. The van der Waals surface area contributed by atoms with Crippen molar-refractivity contribution in [2.45, 2.75) is 32.8 Å². The third-order valence-corrected chi connectivity index (χ3v) is 3.57. The molecule has 0 aliphatic rings. The minimum atomic E-state index is -0.559. The van der Waals surface area contributed by atoms with Gasteiger partial charge in [-0.3, -0.25) is 0 Å². The molecule has 0 fully saturated rings. The number of nitrogens with zero attached hydrogens (tertiary/aromatic N) is 2. The Labute approximate surface area is 123 Å². The molecule has 0 aliphatic heterocycles. The summed E-state index contributed by atoms with van der Waals surface area (Å²) in [5.41, 5.74) is 6.36. The minimum Gasteiger partial charge on any atom is -0.399 e. The monoisotopic (exact) mass is 295 g/mol. The van der Waals surface area contributed by atoms with Crippen LogP contribution >= 0.6 is 11.6 Å². The molecule has 1 atom stereocenters. The highest BCUT2D eigenvalue weighted by atomic mass is 35.5. The maximum Gasteiger partial charge on any atom is 0.259 e. The van der Waals surface area contributed by atoms with Gasteiger partial charge in [-0.2, -0.15) is 4.98 Å². The molecule has 0 radical (unpaired) electrons. The first-order chi connectivity index (χ1) is 9.50. The fourth-order valence-corrected chi connectivity index (χ4v) is 2.17. The Kier molecular flexibility index (Phi) is 4.30. The first kappa shape index (κ1) is 14.8. The first-order valence-corrected chi connectivity index (χ1v) is 6.91. The molecule has 1 unspecified atom stereocenters. The van der Waals surface area contributed by atoms with Gasteiger partial charge < -0.3 is 15.0 Å². The van der Waals surface area contributed by atoms with Crippen molar-refractivity contribution < 1.29 is 9.26 Å². The quantitative estimate of drug-likeness (QED) is 0.853. The van der Waals surface area contributed by atoms with Gasteiger partial charge in [-0.15, -0.1) is 0 Å². The molecule has 6 heteroatoms. The zero-order valence-corrected chi connectivity index (χ0v) is 12.6. The molecule has 1 aromatic carbocycles. The Morgan fingerprint density at radius 2 is 2.15 bits per heavy atom. The maximum absolute atomic E-state index is 6.14. The third kappa shape index (κ3) is 2.78. The predicted octanol–water partition coefficient (Wildman–Crippen LogP) is 3.63. The van der Waals surface area contributed by atoms with Crippen molar-refractivity contribution in [2.75, 3.05) is 12.3 Å². The summed E-state index contributed by atoms with van der Waals surface area (Å²) in [6.45, 7) is 6.47. The molecule has 0 aliphatic carbocycles. The summed E-state index contributed by atoms with van der Waals surface area (Å²) in [6.07, 6.45) is 0.745. The van der Waals surface area contributed by atoms with Crippen LogP contribution in [-0.4, -0.2) is 16.7 Å². The normalized spacial score (nSPS) is 14.2. The molecule has 0 saturated heterocycles. The van der Waals surface area contributed by atoms with Gasteiger partial charge in [-0.25, -0.2) is 0 Å². The highest BCUT2D eigenvalue weighted by Crippen LogP contribution is 2.32. The standard InChI is InChI=1S/C14H18ClN3O2/c1-4-14(3,19-5-2)13-17-12(20-18-13)10-7-6-9(16)8-11(10)15/h6-8H,4-5,16H2,1-3H3. The van der Waals surface area contributed by atoms with E-state index in [1.165, 1.54) is 0 Å². The molecular formula is C14H18ClN3O2.